The predicted octanol–water partition coefficient (Wildman–Crippen LogP) is 2.30. The Hall–Kier alpha value is -1.66. The Kier molecular flexibility index (Phi) is 5.01. The SMILES string of the molecule is C=C1C(=O)OC2C=C(C)C(O)CC3OC3(C)CC(OC(=O)CC(C)C)C12. The third kappa shape index (κ3) is 3.71. The number of aliphatic hydroxyl groups excluding tert-OH is 1. The van der Waals surface area contributed by atoms with E-state index in [1.807, 2.05) is 20.8 Å². The van der Waals surface area contributed by atoms with Crippen LogP contribution >= 0.6 is 0 Å². The van der Waals surface area contributed by atoms with Crippen molar-refractivity contribution >= 4 is 11.9 Å². The van der Waals surface area contributed by atoms with Crippen molar-refractivity contribution in [2.45, 2.75) is 77.0 Å². The van der Waals surface area contributed by atoms with E-state index in [0.717, 1.165) is 5.57 Å². The fourth-order valence-corrected chi connectivity index (χ4v) is 3.90. The number of ether oxygens (including phenoxy) is 3. The summed E-state index contributed by atoms with van der Waals surface area (Å²) in [5, 5.41) is 10.4. The normalized spacial score (nSPS) is 39.6. The monoisotopic (exact) mass is 364 g/mol. The summed E-state index contributed by atoms with van der Waals surface area (Å²) in [5.74, 6) is -1.07. The molecule has 6 heteroatoms. The molecule has 2 fully saturated rings. The quantitative estimate of drug-likeness (QED) is 0.358. The number of aliphatic hydroxyl groups is 1. The zero-order chi connectivity index (χ0) is 19.2. The minimum absolute atomic E-state index is 0.102. The maximum atomic E-state index is 12.3. The lowest BCUT2D eigenvalue weighted by molar-refractivity contribution is -0.154. The molecule has 3 rings (SSSR count). The molecule has 2 heterocycles. The second kappa shape index (κ2) is 6.82. The Morgan fingerprint density at radius 2 is 2.19 bits per heavy atom. The summed E-state index contributed by atoms with van der Waals surface area (Å²) >= 11 is 0. The molecule has 2 saturated heterocycles. The van der Waals surface area contributed by atoms with Crippen LogP contribution in [0.3, 0.4) is 0 Å². The molecule has 6 nitrogen and oxygen atoms in total. The summed E-state index contributed by atoms with van der Waals surface area (Å²) in [6.45, 7) is 11.5. The van der Waals surface area contributed by atoms with E-state index in [2.05, 4.69) is 6.58 Å². The Labute approximate surface area is 154 Å². The van der Waals surface area contributed by atoms with Crippen molar-refractivity contribution in [3.05, 3.63) is 23.8 Å². The maximum absolute atomic E-state index is 12.3. The first kappa shape index (κ1) is 19.1. The number of fused-ring (bicyclic) bond motifs is 2. The van der Waals surface area contributed by atoms with E-state index in [4.69, 9.17) is 14.2 Å². The van der Waals surface area contributed by atoms with E-state index in [9.17, 15) is 14.7 Å². The van der Waals surface area contributed by atoms with Crippen LogP contribution in [0.4, 0.5) is 0 Å². The van der Waals surface area contributed by atoms with E-state index in [1.165, 1.54) is 0 Å². The molecule has 0 spiro atoms. The van der Waals surface area contributed by atoms with Crippen molar-refractivity contribution in [1.29, 1.82) is 0 Å². The molecule has 6 unspecified atom stereocenters. The number of hydrogen-bond acceptors (Lipinski definition) is 6. The Morgan fingerprint density at radius 3 is 2.85 bits per heavy atom. The van der Waals surface area contributed by atoms with Gasteiger partial charge in [0.1, 0.15) is 12.2 Å². The molecule has 1 N–H and O–H groups in total. The second-order valence-corrected chi connectivity index (χ2v) is 8.33. The van der Waals surface area contributed by atoms with Crippen molar-refractivity contribution in [3.8, 4) is 0 Å². The van der Waals surface area contributed by atoms with Crippen LogP contribution in [0.5, 0.6) is 0 Å². The smallest absolute Gasteiger partial charge is 0.334 e. The van der Waals surface area contributed by atoms with Gasteiger partial charge in [-0.25, -0.2) is 4.79 Å². The van der Waals surface area contributed by atoms with Crippen LogP contribution in [0.1, 0.15) is 47.0 Å². The molecule has 0 aromatic carbocycles. The molecule has 144 valence electrons. The molecule has 26 heavy (non-hydrogen) atoms. The average molecular weight is 364 g/mol. The van der Waals surface area contributed by atoms with Crippen molar-refractivity contribution in [2.75, 3.05) is 0 Å². The van der Waals surface area contributed by atoms with Crippen molar-refractivity contribution in [3.63, 3.8) is 0 Å². The summed E-state index contributed by atoms with van der Waals surface area (Å²) in [5.41, 5.74) is 0.532. The van der Waals surface area contributed by atoms with Gasteiger partial charge in [0.05, 0.1) is 23.7 Å². The third-order valence-electron chi connectivity index (χ3n) is 5.55. The van der Waals surface area contributed by atoms with E-state index in [0.29, 0.717) is 24.8 Å². The standard InChI is InChI=1S/C20H28O6/c1-10(2)6-17(22)24-15-9-20(5)16(26-20)8-13(21)11(3)7-14-18(15)12(4)19(23)25-14/h7,10,13-16,18,21H,4,6,8-9H2,1-3,5H3. The molecule has 0 radical (unpaired) electrons. The van der Waals surface area contributed by atoms with E-state index in [1.54, 1.807) is 13.0 Å². The van der Waals surface area contributed by atoms with Gasteiger partial charge in [0.25, 0.3) is 0 Å². The van der Waals surface area contributed by atoms with Crippen LogP contribution in [0.25, 0.3) is 0 Å². The molecule has 2 aliphatic heterocycles. The van der Waals surface area contributed by atoms with Crippen LogP contribution in [-0.4, -0.2) is 47.1 Å². The second-order valence-electron chi connectivity index (χ2n) is 8.33. The van der Waals surface area contributed by atoms with E-state index in [-0.39, 0.29) is 18.0 Å². The van der Waals surface area contributed by atoms with E-state index < -0.39 is 35.8 Å². The number of esters is 2. The minimum atomic E-state index is -0.657. The molecular weight excluding hydrogens is 336 g/mol. The molecule has 3 aliphatic rings. The van der Waals surface area contributed by atoms with Gasteiger partial charge in [-0.05, 0) is 31.4 Å². The molecule has 0 saturated carbocycles. The topological polar surface area (TPSA) is 85.4 Å². The number of rotatable bonds is 3. The average Bonchev–Trinajstić information content (AvgIpc) is 3.04. The predicted molar refractivity (Wildman–Crippen MR) is 94.1 cm³/mol. The Morgan fingerprint density at radius 1 is 1.50 bits per heavy atom. The molecule has 0 bridgehead atoms. The fourth-order valence-electron chi connectivity index (χ4n) is 3.90. The number of epoxide rings is 1. The number of carbonyl (C=O) groups is 2. The highest BCUT2D eigenvalue weighted by molar-refractivity contribution is 5.91. The summed E-state index contributed by atoms with van der Waals surface area (Å²) in [6, 6.07) is 0. The van der Waals surface area contributed by atoms with Crippen molar-refractivity contribution in [2.24, 2.45) is 11.8 Å². The molecule has 0 aromatic rings. The molecule has 0 amide bonds. The first-order valence-corrected chi connectivity index (χ1v) is 9.24. The van der Waals surface area contributed by atoms with Gasteiger partial charge in [0, 0.05) is 24.8 Å². The van der Waals surface area contributed by atoms with Crippen molar-refractivity contribution < 1.29 is 28.9 Å². The lowest BCUT2D eigenvalue weighted by Crippen LogP contribution is -2.38. The first-order valence-electron chi connectivity index (χ1n) is 9.24. The van der Waals surface area contributed by atoms with Gasteiger partial charge in [-0.2, -0.15) is 0 Å². The Bertz CT molecular complexity index is 651. The summed E-state index contributed by atoms with van der Waals surface area (Å²) in [7, 11) is 0. The zero-order valence-corrected chi connectivity index (χ0v) is 15.9. The van der Waals surface area contributed by atoms with Crippen LogP contribution in [0.2, 0.25) is 0 Å². The minimum Gasteiger partial charge on any atom is -0.461 e. The van der Waals surface area contributed by atoms with Crippen LogP contribution in [-0.2, 0) is 23.8 Å². The van der Waals surface area contributed by atoms with Gasteiger partial charge in [-0.3, -0.25) is 4.79 Å². The van der Waals surface area contributed by atoms with Crippen LogP contribution < -0.4 is 0 Å². The van der Waals surface area contributed by atoms with Gasteiger partial charge < -0.3 is 19.3 Å². The lowest BCUT2D eigenvalue weighted by Gasteiger charge is -2.29. The molecule has 0 aromatic heterocycles. The van der Waals surface area contributed by atoms with Gasteiger partial charge in [0.2, 0.25) is 0 Å². The molecular formula is C20H28O6. The van der Waals surface area contributed by atoms with E-state index >= 15 is 0 Å². The van der Waals surface area contributed by atoms with Gasteiger partial charge in [-0.15, -0.1) is 0 Å². The zero-order valence-electron chi connectivity index (χ0n) is 15.9. The van der Waals surface area contributed by atoms with Crippen molar-refractivity contribution in [1.82, 2.24) is 0 Å². The Balaban J connectivity index is 1.92. The highest BCUT2D eigenvalue weighted by Gasteiger charge is 2.57. The lowest BCUT2D eigenvalue weighted by atomic mass is 9.82. The highest BCUT2D eigenvalue weighted by Crippen LogP contribution is 2.47. The van der Waals surface area contributed by atoms with Gasteiger partial charge in [0.15, 0.2) is 0 Å². The molecule has 6 atom stereocenters. The molecule has 1 aliphatic carbocycles. The first-order chi connectivity index (χ1) is 12.1. The van der Waals surface area contributed by atoms with Crippen LogP contribution in [0.15, 0.2) is 23.8 Å². The highest BCUT2D eigenvalue weighted by atomic mass is 16.6. The summed E-state index contributed by atoms with van der Waals surface area (Å²) in [6.07, 6.45) is 1.06. The van der Waals surface area contributed by atoms with Gasteiger partial charge in [-0.1, -0.05) is 20.4 Å². The summed E-state index contributed by atoms with van der Waals surface area (Å²) in [4.78, 5) is 24.4. The summed E-state index contributed by atoms with van der Waals surface area (Å²) < 4.78 is 17.1. The number of hydrogen-bond donors (Lipinski definition) is 1. The largest absolute Gasteiger partial charge is 0.461 e. The fraction of sp³-hybridized carbons (Fsp3) is 0.700. The van der Waals surface area contributed by atoms with Gasteiger partial charge >= 0.3 is 11.9 Å². The maximum Gasteiger partial charge on any atom is 0.334 e. The number of carbonyl (C=O) groups excluding carboxylic acids is 2. The third-order valence-corrected chi connectivity index (χ3v) is 5.55. The van der Waals surface area contributed by atoms with Crippen LogP contribution in [0, 0.1) is 11.8 Å².